The summed E-state index contributed by atoms with van der Waals surface area (Å²) < 4.78 is 5.92. The van der Waals surface area contributed by atoms with Gasteiger partial charge in [0.25, 0.3) is 0 Å². The summed E-state index contributed by atoms with van der Waals surface area (Å²) in [6.45, 7) is 7.26. The van der Waals surface area contributed by atoms with Crippen molar-refractivity contribution in [3.8, 4) is 0 Å². The number of hydrogen-bond acceptors (Lipinski definition) is 4. The first-order valence-electron chi connectivity index (χ1n) is 6.17. The lowest BCUT2D eigenvalue weighted by molar-refractivity contribution is -0.0577. The molecule has 2 aliphatic rings. The first-order chi connectivity index (χ1) is 7.70. The quantitative estimate of drug-likeness (QED) is 0.420. The van der Waals surface area contributed by atoms with E-state index in [2.05, 4.69) is 30.2 Å². The number of nitrogens with two attached hydrogens (primary N) is 1. The normalized spacial score (nSPS) is 32.2. The lowest BCUT2D eigenvalue weighted by Gasteiger charge is -2.38. The van der Waals surface area contributed by atoms with Crippen LogP contribution in [0.2, 0.25) is 0 Å². The number of nitrogens with one attached hydrogen (secondary N) is 1. The number of hydrogen-bond donors (Lipinski definition) is 2. The number of nitrogens with zero attached hydrogens (tertiary/aromatic N) is 1. The van der Waals surface area contributed by atoms with Crippen molar-refractivity contribution in [1.82, 2.24) is 10.3 Å². The molecule has 0 radical (unpaired) electrons. The van der Waals surface area contributed by atoms with Crippen LogP contribution in [0.15, 0.2) is 11.6 Å². The number of morpholine rings is 1. The number of hydrazine groups is 1. The molecule has 4 heteroatoms. The second-order valence-electron chi connectivity index (χ2n) is 5.10. The number of ether oxygens (including phenoxy) is 1. The molecule has 2 rings (SSSR count). The molecule has 0 aromatic heterocycles. The zero-order valence-electron chi connectivity index (χ0n) is 10.3. The molecule has 16 heavy (non-hydrogen) atoms. The SMILES string of the molecule is CC(C)=CC(NN)C1CN2CCCC2CO1. The monoisotopic (exact) mass is 225 g/mol. The van der Waals surface area contributed by atoms with Crippen molar-refractivity contribution < 1.29 is 4.74 Å². The van der Waals surface area contributed by atoms with Crippen LogP contribution in [0.25, 0.3) is 0 Å². The summed E-state index contributed by atoms with van der Waals surface area (Å²) in [5, 5.41) is 0. The van der Waals surface area contributed by atoms with Gasteiger partial charge in [0.1, 0.15) is 0 Å². The summed E-state index contributed by atoms with van der Waals surface area (Å²) in [7, 11) is 0. The molecule has 3 atom stereocenters. The van der Waals surface area contributed by atoms with Crippen LogP contribution >= 0.6 is 0 Å². The molecule has 2 saturated heterocycles. The average molecular weight is 225 g/mol. The Balaban J connectivity index is 1.96. The van der Waals surface area contributed by atoms with Gasteiger partial charge in [-0.2, -0.15) is 0 Å². The molecule has 92 valence electrons. The maximum Gasteiger partial charge on any atom is 0.0904 e. The summed E-state index contributed by atoms with van der Waals surface area (Å²) >= 11 is 0. The van der Waals surface area contributed by atoms with Crippen molar-refractivity contribution in [2.45, 2.75) is 44.9 Å². The van der Waals surface area contributed by atoms with E-state index in [1.54, 1.807) is 0 Å². The molecular formula is C12H23N3O. The third-order valence-corrected chi connectivity index (χ3v) is 3.52. The highest BCUT2D eigenvalue weighted by Gasteiger charge is 2.34. The van der Waals surface area contributed by atoms with Crippen LogP contribution in [0.4, 0.5) is 0 Å². The molecule has 0 spiro atoms. The van der Waals surface area contributed by atoms with E-state index in [1.165, 1.54) is 25.0 Å². The molecule has 3 N–H and O–H groups in total. The number of rotatable bonds is 3. The van der Waals surface area contributed by atoms with Gasteiger partial charge >= 0.3 is 0 Å². The Kier molecular flexibility index (Phi) is 3.97. The van der Waals surface area contributed by atoms with Crippen LogP contribution in [0.5, 0.6) is 0 Å². The third kappa shape index (κ3) is 2.63. The van der Waals surface area contributed by atoms with E-state index in [-0.39, 0.29) is 12.1 Å². The highest BCUT2D eigenvalue weighted by Crippen LogP contribution is 2.24. The molecule has 2 aliphatic heterocycles. The van der Waals surface area contributed by atoms with Gasteiger partial charge in [-0.25, -0.2) is 0 Å². The Morgan fingerprint density at radius 1 is 1.56 bits per heavy atom. The highest BCUT2D eigenvalue weighted by molar-refractivity contribution is 5.05. The summed E-state index contributed by atoms with van der Waals surface area (Å²) in [6.07, 6.45) is 4.94. The maximum atomic E-state index is 5.92. The van der Waals surface area contributed by atoms with Crippen LogP contribution in [0.3, 0.4) is 0 Å². The molecule has 4 nitrogen and oxygen atoms in total. The zero-order chi connectivity index (χ0) is 11.5. The smallest absolute Gasteiger partial charge is 0.0904 e. The largest absolute Gasteiger partial charge is 0.373 e. The number of fused-ring (bicyclic) bond motifs is 1. The Hall–Kier alpha value is -0.420. The highest BCUT2D eigenvalue weighted by atomic mass is 16.5. The Morgan fingerprint density at radius 3 is 3.06 bits per heavy atom. The lowest BCUT2D eigenvalue weighted by atomic mass is 10.1. The molecule has 0 amide bonds. The van der Waals surface area contributed by atoms with Gasteiger partial charge in [-0.15, -0.1) is 0 Å². The van der Waals surface area contributed by atoms with Crippen molar-refractivity contribution in [1.29, 1.82) is 0 Å². The summed E-state index contributed by atoms with van der Waals surface area (Å²) in [4.78, 5) is 2.54. The first kappa shape index (κ1) is 12.0. The van der Waals surface area contributed by atoms with Crippen molar-refractivity contribution >= 4 is 0 Å². The van der Waals surface area contributed by atoms with E-state index in [4.69, 9.17) is 10.6 Å². The molecule has 0 aliphatic carbocycles. The standard InChI is InChI=1S/C12H23N3O/c1-9(2)6-11(14-13)12-7-15-5-3-4-10(15)8-16-12/h6,10-12,14H,3-5,7-8,13H2,1-2H3. The molecule has 0 aromatic rings. The summed E-state index contributed by atoms with van der Waals surface area (Å²) in [6, 6.07) is 0.785. The molecule has 0 bridgehead atoms. The third-order valence-electron chi connectivity index (χ3n) is 3.52. The van der Waals surface area contributed by atoms with Gasteiger partial charge in [-0.3, -0.25) is 16.2 Å². The minimum Gasteiger partial charge on any atom is -0.373 e. The lowest BCUT2D eigenvalue weighted by Crippen LogP contribution is -2.55. The van der Waals surface area contributed by atoms with Crippen molar-refractivity contribution in [3.05, 3.63) is 11.6 Å². The molecule has 0 aromatic carbocycles. The molecule has 2 heterocycles. The topological polar surface area (TPSA) is 50.5 Å². The van der Waals surface area contributed by atoms with Crippen LogP contribution in [0.1, 0.15) is 26.7 Å². The molecule has 2 fully saturated rings. The Bertz CT molecular complexity index is 263. The van der Waals surface area contributed by atoms with Gasteiger partial charge in [-0.05, 0) is 33.2 Å². The van der Waals surface area contributed by atoms with Crippen molar-refractivity contribution in [3.63, 3.8) is 0 Å². The maximum absolute atomic E-state index is 5.92. The summed E-state index contributed by atoms with van der Waals surface area (Å²) in [5.41, 5.74) is 4.13. The number of allylic oxidation sites excluding steroid dienone is 1. The summed E-state index contributed by atoms with van der Waals surface area (Å²) in [5.74, 6) is 5.60. The second-order valence-corrected chi connectivity index (χ2v) is 5.10. The fraction of sp³-hybridized carbons (Fsp3) is 0.833. The minimum absolute atomic E-state index is 0.131. The van der Waals surface area contributed by atoms with Gasteiger partial charge in [0.2, 0.25) is 0 Å². The van der Waals surface area contributed by atoms with Gasteiger partial charge in [-0.1, -0.05) is 11.6 Å². The second kappa shape index (κ2) is 5.27. The molecule has 0 saturated carbocycles. The van der Waals surface area contributed by atoms with Crippen LogP contribution in [-0.4, -0.2) is 42.8 Å². The Labute approximate surface area is 97.8 Å². The van der Waals surface area contributed by atoms with E-state index >= 15 is 0 Å². The van der Waals surface area contributed by atoms with Gasteiger partial charge in [0.15, 0.2) is 0 Å². The first-order valence-corrected chi connectivity index (χ1v) is 6.17. The van der Waals surface area contributed by atoms with E-state index in [0.717, 1.165) is 13.2 Å². The molecule has 3 unspecified atom stereocenters. The van der Waals surface area contributed by atoms with E-state index < -0.39 is 0 Å². The van der Waals surface area contributed by atoms with Crippen LogP contribution in [0, 0.1) is 0 Å². The zero-order valence-corrected chi connectivity index (χ0v) is 10.3. The van der Waals surface area contributed by atoms with E-state index in [1.807, 2.05) is 0 Å². The molecular weight excluding hydrogens is 202 g/mol. The van der Waals surface area contributed by atoms with Gasteiger partial charge in [0, 0.05) is 12.6 Å². The van der Waals surface area contributed by atoms with Gasteiger partial charge < -0.3 is 4.74 Å². The Morgan fingerprint density at radius 2 is 2.38 bits per heavy atom. The predicted molar refractivity (Wildman–Crippen MR) is 64.9 cm³/mol. The van der Waals surface area contributed by atoms with Crippen LogP contribution in [-0.2, 0) is 4.74 Å². The van der Waals surface area contributed by atoms with Crippen molar-refractivity contribution in [2.24, 2.45) is 5.84 Å². The minimum atomic E-state index is 0.131. The van der Waals surface area contributed by atoms with E-state index in [0.29, 0.717) is 6.04 Å². The predicted octanol–water partition coefficient (Wildman–Crippen LogP) is 0.648. The van der Waals surface area contributed by atoms with Gasteiger partial charge in [0.05, 0.1) is 18.8 Å². The average Bonchev–Trinajstić information content (AvgIpc) is 2.72. The fourth-order valence-corrected chi connectivity index (χ4v) is 2.68. The van der Waals surface area contributed by atoms with Crippen LogP contribution < -0.4 is 11.3 Å². The van der Waals surface area contributed by atoms with Crippen molar-refractivity contribution in [2.75, 3.05) is 19.7 Å². The fourth-order valence-electron chi connectivity index (χ4n) is 2.68. The van der Waals surface area contributed by atoms with E-state index in [9.17, 15) is 0 Å².